The largest absolute Gasteiger partial charge is 0.504 e. The highest BCUT2D eigenvalue weighted by molar-refractivity contribution is 7.91. The van der Waals surface area contributed by atoms with E-state index in [1.54, 1.807) is 0 Å². The molecule has 2 rings (SSSR count). The highest BCUT2D eigenvalue weighted by Gasteiger charge is 2.22. The Morgan fingerprint density at radius 3 is 1.43 bits per heavy atom. The van der Waals surface area contributed by atoms with E-state index < -0.39 is 21.3 Å². The van der Waals surface area contributed by atoms with E-state index in [9.17, 15) is 18.6 Å². The Labute approximate surface area is 130 Å². The highest BCUT2D eigenvalue weighted by Crippen LogP contribution is 2.37. The van der Waals surface area contributed by atoms with Crippen LogP contribution in [0.4, 0.5) is 11.4 Å². The average molecular weight is 349 g/mol. The van der Waals surface area contributed by atoms with Crippen LogP contribution in [-0.2, 0) is 9.84 Å². The summed E-state index contributed by atoms with van der Waals surface area (Å²) in [5, 5.41) is 18.5. The van der Waals surface area contributed by atoms with Gasteiger partial charge in [-0.2, -0.15) is 0 Å². The first-order valence-corrected chi connectivity index (χ1v) is 7.69. The fourth-order valence-corrected chi connectivity index (χ4v) is 3.60. The van der Waals surface area contributed by atoms with E-state index in [1.807, 2.05) is 0 Å². The van der Waals surface area contributed by atoms with Crippen molar-refractivity contribution in [2.75, 3.05) is 11.5 Å². The summed E-state index contributed by atoms with van der Waals surface area (Å²) in [6.45, 7) is 0. The van der Waals surface area contributed by atoms with Gasteiger partial charge in [-0.25, -0.2) is 8.42 Å². The molecule has 0 amide bonds. The molecule has 2 aromatic rings. The van der Waals surface area contributed by atoms with Gasteiger partial charge in [0.05, 0.1) is 31.2 Å². The first-order valence-electron chi connectivity index (χ1n) is 5.45. The Morgan fingerprint density at radius 2 is 1.14 bits per heavy atom. The molecule has 0 atom stereocenters. The fourth-order valence-electron chi connectivity index (χ4n) is 1.64. The predicted octanol–water partition coefficient (Wildman–Crippen LogP) is 2.40. The number of hydrogen-bond acceptors (Lipinski definition) is 6. The van der Waals surface area contributed by atoms with Crippen LogP contribution in [0.3, 0.4) is 0 Å². The summed E-state index contributed by atoms with van der Waals surface area (Å²) in [5.74, 6) is -0.808. The summed E-state index contributed by atoms with van der Waals surface area (Å²) in [4.78, 5) is -0.465. The summed E-state index contributed by atoms with van der Waals surface area (Å²) >= 11 is 11.4. The lowest BCUT2D eigenvalue weighted by molar-refractivity contribution is 0.477. The molecule has 0 bridgehead atoms. The molecule has 0 aliphatic rings. The molecule has 0 spiro atoms. The van der Waals surface area contributed by atoms with E-state index in [0.717, 1.165) is 24.3 Å². The van der Waals surface area contributed by atoms with Gasteiger partial charge in [0, 0.05) is 0 Å². The van der Waals surface area contributed by atoms with Gasteiger partial charge in [-0.3, -0.25) is 0 Å². The first kappa shape index (κ1) is 15.6. The number of sulfone groups is 1. The minimum atomic E-state index is -4.01. The third-order valence-electron chi connectivity index (χ3n) is 2.75. The van der Waals surface area contributed by atoms with Gasteiger partial charge in [-0.05, 0) is 24.3 Å². The maximum Gasteiger partial charge on any atom is 0.206 e. The second kappa shape index (κ2) is 5.18. The van der Waals surface area contributed by atoms with Crippen molar-refractivity contribution in [1.82, 2.24) is 0 Å². The van der Waals surface area contributed by atoms with Crippen LogP contribution in [0, 0.1) is 0 Å². The Bertz CT molecular complexity index is 728. The summed E-state index contributed by atoms with van der Waals surface area (Å²) in [5.41, 5.74) is 10.6. The van der Waals surface area contributed by atoms with E-state index in [1.165, 1.54) is 0 Å². The zero-order valence-electron chi connectivity index (χ0n) is 10.3. The molecule has 0 fully saturated rings. The van der Waals surface area contributed by atoms with Gasteiger partial charge in [0.1, 0.15) is 0 Å². The van der Waals surface area contributed by atoms with Gasteiger partial charge in [0.15, 0.2) is 11.5 Å². The Hall–Kier alpha value is -1.83. The molecule has 112 valence electrons. The highest BCUT2D eigenvalue weighted by atomic mass is 35.5. The predicted molar refractivity (Wildman–Crippen MR) is 80.5 cm³/mol. The smallest absolute Gasteiger partial charge is 0.206 e. The van der Waals surface area contributed by atoms with Crippen LogP contribution in [0.2, 0.25) is 10.0 Å². The molecule has 6 N–H and O–H groups in total. The SMILES string of the molecule is Nc1cc(S(=O)(=O)c2cc(N)c(O)c(Cl)c2)cc(Cl)c1O. The Kier molecular flexibility index (Phi) is 3.83. The number of phenolic OH excluding ortho intramolecular Hbond substituents is 2. The normalized spacial score (nSPS) is 11.5. The minimum Gasteiger partial charge on any atom is -0.504 e. The molecule has 0 saturated carbocycles. The van der Waals surface area contributed by atoms with Crippen LogP contribution < -0.4 is 11.5 Å². The van der Waals surface area contributed by atoms with Crippen LogP contribution >= 0.6 is 23.2 Å². The molecular formula is C12H10Cl2N2O4S. The molecule has 0 aromatic heterocycles. The second-order valence-corrected chi connectivity index (χ2v) is 6.95. The van der Waals surface area contributed by atoms with Crippen molar-refractivity contribution in [2.24, 2.45) is 0 Å². The third-order valence-corrected chi connectivity index (χ3v) is 5.04. The maximum absolute atomic E-state index is 12.5. The topological polar surface area (TPSA) is 127 Å². The molecule has 0 heterocycles. The zero-order chi connectivity index (χ0) is 15.9. The third kappa shape index (κ3) is 2.67. The Balaban J connectivity index is 2.68. The lowest BCUT2D eigenvalue weighted by Crippen LogP contribution is -2.04. The monoisotopic (exact) mass is 348 g/mol. The van der Waals surface area contributed by atoms with E-state index in [0.29, 0.717) is 0 Å². The lowest BCUT2D eigenvalue weighted by atomic mass is 10.3. The van der Waals surface area contributed by atoms with Crippen molar-refractivity contribution < 1.29 is 18.6 Å². The molecule has 6 nitrogen and oxygen atoms in total. The minimum absolute atomic E-state index is 0.182. The van der Waals surface area contributed by atoms with Crippen LogP contribution in [0.1, 0.15) is 0 Å². The van der Waals surface area contributed by atoms with Crippen molar-refractivity contribution in [2.45, 2.75) is 9.79 Å². The molecule has 0 aliphatic carbocycles. The zero-order valence-corrected chi connectivity index (χ0v) is 12.7. The number of rotatable bonds is 2. The summed E-state index contributed by atoms with van der Waals surface area (Å²) in [7, 11) is -4.01. The van der Waals surface area contributed by atoms with Gasteiger partial charge in [0.25, 0.3) is 0 Å². The van der Waals surface area contributed by atoms with Gasteiger partial charge >= 0.3 is 0 Å². The van der Waals surface area contributed by atoms with Crippen molar-refractivity contribution >= 4 is 44.4 Å². The number of aromatic hydroxyl groups is 2. The van der Waals surface area contributed by atoms with Crippen molar-refractivity contribution in [3.8, 4) is 11.5 Å². The van der Waals surface area contributed by atoms with Gasteiger partial charge in [-0.15, -0.1) is 0 Å². The molecular weight excluding hydrogens is 339 g/mol. The Morgan fingerprint density at radius 1 is 0.810 bits per heavy atom. The molecule has 0 aliphatic heterocycles. The molecule has 0 saturated heterocycles. The van der Waals surface area contributed by atoms with Gasteiger partial charge in [0.2, 0.25) is 9.84 Å². The number of nitrogen functional groups attached to an aromatic ring is 2. The number of halogens is 2. The summed E-state index contributed by atoms with van der Waals surface area (Å²) in [6.07, 6.45) is 0. The van der Waals surface area contributed by atoms with E-state index in [-0.39, 0.29) is 31.2 Å². The number of benzene rings is 2. The molecule has 0 radical (unpaired) electrons. The van der Waals surface area contributed by atoms with E-state index >= 15 is 0 Å². The van der Waals surface area contributed by atoms with Crippen LogP contribution in [0.15, 0.2) is 34.1 Å². The second-order valence-electron chi connectivity index (χ2n) is 4.19. The number of hydrogen-bond donors (Lipinski definition) is 4. The number of phenols is 2. The van der Waals surface area contributed by atoms with E-state index in [2.05, 4.69) is 0 Å². The first-order chi connectivity index (χ1) is 9.64. The maximum atomic E-state index is 12.5. The standard InChI is InChI=1S/C12H10Cl2N2O4S/c13-7-1-5(3-9(15)11(7)17)21(19,20)6-2-8(14)12(18)10(16)4-6/h1-4,17-18H,15-16H2. The van der Waals surface area contributed by atoms with Crippen LogP contribution in [0.5, 0.6) is 11.5 Å². The molecule has 0 unspecified atom stereocenters. The van der Waals surface area contributed by atoms with Crippen LogP contribution in [-0.4, -0.2) is 18.6 Å². The number of anilines is 2. The van der Waals surface area contributed by atoms with Crippen molar-refractivity contribution in [3.63, 3.8) is 0 Å². The molecule has 21 heavy (non-hydrogen) atoms. The van der Waals surface area contributed by atoms with Crippen molar-refractivity contribution in [3.05, 3.63) is 34.3 Å². The van der Waals surface area contributed by atoms with Gasteiger partial charge in [-0.1, -0.05) is 23.2 Å². The van der Waals surface area contributed by atoms with Crippen LogP contribution in [0.25, 0.3) is 0 Å². The van der Waals surface area contributed by atoms with E-state index in [4.69, 9.17) is 34.7 Å². The quantitative estimate of drug-likeness (QED) is 0.487. The average Bonchev–Trinajstić information content (AvgIpc) is 2.40. The number of nitrogens with two attached hydrogens (primary N) is 2. The molecule has 9 heteroatoms. The van der Waals surface area contributed by atoms with Crippen molar-refractivity contribution in [1.29, 1.82) is 0 Å². The summed E-state index contributed by atoms with van der Waals surface area (Å²) in [6, 6.07) is 4.24. The summed E-state index contributed by atoms with van der Waals surface area (Å²) < 4.78 is 24.9. The fraction of sp³-hybridized carbons (Fsp3) is 0. The lowest BCUT2D eigenvalue weighted by Gasteiger charge is -2.10. The molecule has 2 aromatic carbocycles. The van der Waals surface area contributed by atoms with Gasteiger partial charge < -0.3 is 21.7 Å².